The smallest absolute Gasteiger partial charge is 0.338 e. The highest BCUT2D eigenvalue weighted by Crippen LogP contribution is 2.32. The van der Waals surface area contributed by atoms with Gasteiger partial charge in [-0.05, 0) is 42.2 Å². The second-order valence-corrected chi connectivity index (χ2v) is 9.89. The number of nitrogens with two attached hydrogens (primary N) is 1. The molecule has 1 heterocycles. The van der Waals surface area contributed by atoms with Gasteiger partial charge in [-0.25, -0.2) is 14.4 Å². The van der Waals surface area contributed by atoms with Crippen LogP contribution in [0.1, 0.15) is 38.0 Å². The molecule has 198 valence electrons. The molecule has 0 bridgehead atoms. The van der Waals surface area contributed by atoms with Crippen molar-refractivity contribution in [1.82, 2.24) is 0 Å². The van der Waals surface area contributed by atoms with Crippen LogP contribution in [0.5, 0.6) is 0 Å². The van der Waals surface area contributed by atoms with Gasteiger partial charge in [-0.2, -0.15) is 0 Å². The molecule has 1 aliphatic heterocycles. The third-order valence-electron chi connectivity index (χ3n) is 5.92. The van der Waals surface area contributed by atoms with Gasteiger partial charge in [0.05, 0.1) is 22.7 Å². The van der Waals surface area contributed by atoms with Crippen molar-refractivity contribution in [2.24, 2.45) is 5.73 Å². The highest BCUT2D eigenvalue weighted by Gasteiger charge is 2.49. The predicted molar refractivity (Wildman–Crippen MR) is 143 cm³/mol. The summed E-state index contributed by atoms with van der Waals surface area (Å²) in [5, 5.41) is 0. The summed E-state index contributed by atoms with van der Waals surface area (Å²) in [6, 6.07) is 24.6. The van der Waals surface area contributed by atoms with Crippen molar-refractivity contribution < 1.29 is 33.3 Å². The summed E-state index contributed by atoms with van der Waals surface area (Å²) in [4.78, 5) is 38.7. The summed E-state index contributed by atoms with van der Waals surface area (Å²) in [7, 11) is 0. The molecule has 1 fully saturated rings. The standard InChI is InChI=1S/C29H29NO7S/c1-2-38-29-23(30)25(37-28(33)21-16-10-5-11-17-21)24(36-27(32)20-14-8-4-9-15-20)22(35-29)18-34-26(31)19-12-6-3-7-13-19/h3-17,22-25,29H,2,18,30H2,1H3/t22-,23-,24-,25-,29+/m1/s1. The first-order valence-corrected chi connectivity index (χ1v) is 13.3. The molecule has 5 atom stereocenters. The third-order valence-corrected chi connectivity index (χ3v) is 7.00. The maximum atomic E-state index is 13.1. The Hall–Kier alpha value is -3.66. The Balaban J connectivity index is 1.61. The van der Waals surface area contributed by atoms with E-state index in [1.54, 1.807) is 91.0 Å². The van der Waals surface area contributed by atoms with Crippen LogP contribution in [0.3, 0.4) is 0 Å². The lowest BCUT2D eigenvalue weighted by Gasteiger charge is -2.43. The lowest BCUT2D eigenvalue weighted by molar-refractivity contribution is -0.170. The monoisotopic (exact) mass is 535 g/mol. The maximum absolute atomic E-state index is 13.1. The Morgan fingerprint density at radius 2 is 1.18 bits per heavy atom. The average molecular weight is 536 g/mol. The van der Waals surface area contributed by atoms with E-state index < -0.39 is 47.7 Å². The zero-order chi connectivity index (χ0) is 26.9. The van der Waals surface area contributed by atoms with Crippen molar-refractivity contribution in [2.75, 3.05) is 12.4 Å². The van der Waals surface area contributed by atoms with Crippen molar-refractivity contribution >= 4 is 29.7 Å². The second-order valence-electron chi connectivity index (χ2n) is 8.51. The predicted octanol–water partition coefficient (Wildman–Crippen LogP) is 4.10. The minimum absolute atomic E-state index is 0.243. The van der Waals surface area contributed by atoms with E-state index >= 15 is 0 Å². The number of hydrogen-bond donors (Lipinski definition) is 1. The summed E-state index contributed by atoms with van der Waals surface area (Å²) in [5.74, 6) is -1.15. The van der Waals surface area contributed by atoms with Crippen LogP contribution >= 0.6 is 11.8 Å². The van der Waals surface area contributed by atoms with Gasteiger partial charge < -0.3 is 24.7 Å². The molecule has 1 saturated heterocycles. The highest BCUT2D eigenvalue weighted by atomic mass is 32.2. The number of thioether (sulfide) groups is 1. The van der Waals surface area contributed by atoms with Gasteiger partial charge in [0.15, 0.2) is 12.2 Å². The second kappa shape index (κ2) is 13.2. The van der Waals surface area contributed by atoms with E-state index in [0.29, 0.717) is 22.4 Å². The summed E-state index contributed by atoms with van der Waals surface area (Å²) in [6.07, 6.45) is -3.14. The van der Waals surface area contributed by atoms with Crippen LogP contribution in [0, 0.1) is 0 Å². The summed E-state index contributed by atoms with van der Waals surface area (Å²) in [5.41, 5.74) is 6.93. The number of carbonyl (C=O) groups is 3. The van der Waals surface area contributed by atoms with Crippen LogP contribution in [-0.4, -0.2) is 60.1 Å². The first-order chi connectivity index (χ1) is 18.5. The average Bonchev–Trinajstić information content (AvgIpc) is 2.96. The van der Waals surface area contributed by atoms with Crippen LogP contribution in [0.2, 0.25) is 0 Å². The van der Waals surface area contributed by atoms with E-state index in [-0.39, 0.29) is 6.61 Å². The molecule has 4 rings (SSSR count). The minimum atomic E-state index is -1.14. The number of esters is 3. The Labute approximate surface area is 225 Å². The SMILES string of the molecule is CCS[C@@H]1O[C@H](COC(=O)c2ccccc2)[C@@H](OC(=O)c2ccccc2)[C@H](OC(=O)c2ccccc2)[C@H]1N. The summed E-state index contributed by atoms with van der Waals surface area (Å²) in [6.45, 7) is 1.70. The van der Waals surface area contributed by atoms with Gasteiger partial charge in [0.1, 0.15) is 18.1 Å². The molecule has 0 saturated carbocycles. The first-order valence-electron chi connectivity index (χ1n) is 12.2. The van der Waals surface area contributed by atoms with Crippen molar-refractivity contribution in [2.45, 2.75) is 36.7 Å². The van der Waals surface area contributed by atoms with Gasteiger partial charge in [-0.3, -0.25) is 0 Å². The van der Waals surface area contributed by atoms with E-state index in [0.717, 1.165) is 0 Å². The van der Waals surface area contributed by atoms with Crippen LogP contribution in [0.15, 0.2) is 91.0 Å². The first kappa shape index (κ1) is 27.4. The molecule has 9 heteroatoms. The molecule has 3 aromatic rings. The van der Waals surface area contributed by atoms with Crippen LogP contribution in [0.25, 0.3) is 0 Å². The molecule has 3 aromatic carbocycles. The van der Waals surface area contributed by atoms with E-state index in [1.165, 1.54) is 11.8 Å². The quantitative estimate of drug-likeness (QED) is 0.319. The molecule has 2 N–H and O–H groups in total. The van der Waals surface area contributed by atoms with Crippen molar-refractivity contribution in [3.63, 3.8) is 0 Å². The zero-order valence-electron chi connectivity index (χ0n) is 20.8. The van der Waals surface area contributed by atoms with Gasteiger partial charge in [-0.15, -0.1) is 11.8 Å². The fraction of sp³-hybridized carbons (Fsp3) is 0.276. The van der Waals surface area contributed by atoms with Crippen LogP contribution in [0.4, 0.5) is 0 Å². The molecule has 8 nitrogen and oxygen atoms in total. The Morgan fingerprint density at radius 3 is 1.66 bits per heavy atom. The van der Waals surface area contributed by atoms with Crippen molar-refractivity contribution in [3.8, 4) is 0 Å². The normalized spacial score (nSPS) is 22.7. The molecule has 38 heavy (non-hydrogen) atoms. The van der Waals surface area contributed by atoms with E-state index in [1.807, 2.05) is 6.92 Å². The van der Waals surface area contributed by atoms with Gasteiger partial charge in [0, 0.05) is 0 Å². The van der Waals surface area contributed by atoms with Crippen LogP contribution in [-0.2, 0) is 18.9 Å². The Morgan fingerprint density at radius 1 is 0.737 bits per heavy atom. The summed E-state index contributed by atoms with van der Waals surface area (Å²) >= 11 is 1.42. The molecule has 0 unspecified atom stereocenters. The summed E-state index contributed by atoms with van der Waals surface area (Å²) < 4.78 is 23.4. The molecular weight excluding hydrogens is 506 g/mol. The van der Waals surface area contributed by atoms with Gasteiger partial charge in [-0.1, -0.05) is 61.5 Å². The van der Waals surface area contributed by atoms with Crippen molar-refractivity contribution in [3.05, 3.63) is 108 Å². The van der Waals surface area contributed by atoms with E-state index in [4.69, 9.17) is 24.7 Å². The molecule has 0 amide bonds. The maximum Gasteiger partial charge on any atom is 0.338 e. The molecule has 1 aliphatic rings. The van der Waals surface area contributed by atoms with Crippen molar-refractivity contribution in [1.29, 1.82) is 0 Å². The molecule has 0 radical (unpaired) electrons. The Bertz CT molecular complexity index is 1210. The molecule has 0 aliphatic carbocycles. The van der Waals surface area contributed by atoms with Gasteiger partial charge in [0.25, 0.3) is 0 Å². The largest absolute Gasteiger partial charge is 0.459 e. The van der Waals surface area contributed by atoms with E-state index in [2.05, 4.69) is 0 Å². The highest BCUT2D eigenvalue weighted by molar-refractivity contribution is 7.99. The topological polar surface area (TPSA) is 114 Å². The van der Waals surface area contributed by atoms with Gasteiger partial charge in [0.2, 0.25) is 0 Å². The van der Waals surface area contributed by atoms with Gasteiger partial charge >= 0.3 is 17.9 Å². The molecule has 0 aromatic heterocycles. The lowest BCUT2D eigenvalue weighted by Crippen LogP contribution is -2.63. The fourth-order valence-corrected chi connectivity index (χ4v) is 4.94. The van der Waals surface area contributed by atoms with E-state index in [9.17, 15) is 14.4 Å². The fourth-order valence-electron chi connectivity index (χ4n) is 4.01. The number of benzene rings is 3. The number of hydrogen-bond acceptors (Lipinski definition) is 9. The third kappa shape index (κ3) is 6.80. The molecule has 0 spiro atoms. The number of carbonyl (C=O) groups excluding carboxylic acids is 3. The minimum Gasteiger partial charge on any atom is -0.459 e. The number of rotatable bonds is 9. The Kier molecular flexibility index (Phi) is 9.53. The lowest BCUT2D eigenvalue weighted by atomic mass is 9.97. The molecular formula is C29H29NO7S. The van der Waals surface area contributed by atoms with Crippen LogP contribution < -0.4 is 5.73 Å². The zero-order valence-corrected chi connectivity index (χ0v) is 21.6. The number of ether oxygens (including phenoxy) is 4.